The first-order valence-corrected chi connectivity index (χ1v) is 10.5. The highest BCUT2D eigenvalue weighted by Gasteiger charge is 2.20. The molecular formula is C26H24N2O4. The van der Waals surface area contributed by atoms with E-state index in [1.54, 1.807) is 0 Å². The Morgan fingerprint density at radius 1 is 0.781 bits per heavy atom. The Labute approximate surface area is 186 Å². The fourth-order valence-electron chi connectivity index (χ4n) is 3.40. The second-order valence-electron chi connectivity index (χ2n) is 7.28. The summed E-state index contributed by atoms with van der Waals surface area (Å²) in [5.74, 6) is 0.499. The van der Waals surface area contributed by atoms with Gasteiger partial charge in [0, 0.05) is 24.0 Å². The van der Waals surface area contributed by atoms with Crippen LogP contribution < -0.4 is 15.4 Å². The minimum Gasteiger partial charge on any atom is -0.489 e. The predicted octanol–water partition coefficient (Wildman–Crippen LogP) is 4.10. The van der Waals surface area contributed by atoms with Crippen molar-refractivity contribution in [3.8, 4) is 5.75 Å². The van der Waals surface area contributed by atoms with Gasteiger partial charge in [-0.05, 0) is 23.8 Å². The Bertz CT molecular complexity index is 1190. The van der Waals surface area contributed by atoms with E-state index in [0.717, 1.165) is 10.9 Å². The Balaban J connectivity index is 1.36. The molecule has 0 aliphatic heterocycles. The highest BCUT2D eigenvalue weighted by atomic mass is 16.5. The molecule has 0 atom stereocenters. The highest BCUT2D eigenvalue weighted by Crippen LogP contribution is 2.27. The second kappa shape index (κ2) is 10.3. The smallest absolute Gasteiger partial charge is 0.287 e. The molecule has 0 fully saturated rings. The fourth-order valence-corrected chi connectivity index (χ4v) is 3.40. The highest BCUT2D eigenvalue weighted by molar-refractivity contribution is 5.99. The largest absolute Gasteiger partial charge is 0.489 e. The Kier molecular flexibility index (Phi) is 6.82. The molecular weight excluding hydrogens is 404 g/mol. The molecule has 0 saturated carbocycles. The van der Waals surface area contributed by atoms with Gasteiger partial charge in [-0.25, -0.2) is 0 Å². The summed E-state index contributed by atoms with van der Waals surface area (Å²) in [7, 11) is 0. The van der Waals surface area contributed by atoms with Gasteiger partial charge in [-0.2, -0.15) is 0 Å². The lowest BCUT2D eigenvalue weighted by Gasteiger charge is -2.09. The average Bonchev–Trinajstić information content (AvgIpc) is 3.20. The maximum absolute atomic E-state index is 12.8. The topological polar surface area (TPSA) is 80.6 Å². The molecule has 162 valence electrons. The van der Waals surface area contributed by atoms with Gasteiger partial charge < -0.3 is 19.8 Å². The molecule has 6 nitrogen and oxygen atoms in total. The van der Waals surface area contributed by atoms with E-state index in [1.165, 1.54) is 0 Å². The molecule has 0 radical (unpaired) electrons. The van der Waals surface area contributed by atoms with Crippen LogP contribution in [-0.2, 0) is 17.8 Å². The molecule has 6 heteroatoms. The molecule has 1 heterocycles. The quantitative estimate of drug-likeness (QED) is 0.393. The number of hydrogen-bond acceptors (Lipinski definition) is 4. The first kappa shape index (κ1) is 21.2. The number of para-hydroxylation sites is 2. The van der Waals surface area contributed by atoms with Crippen molar-refractivity contribution in [3.63, 3.8) is 0 Å². The fraction of sp³-hybridized carbons (Fsp3) is 0.154. The van der Waals surface area contributed by atoms with E-state index in [0.29, 0.717) is 29.9 Å². The monoisotopic (exact) mass is 428 g/mol. The van der Waals surface area contributed by atoms with E-state index in [1.807, 2.05) is 84.9 Å². The first-order valence-electron chi connectivity index (χ1n) is 10.5. The maximum Gasteiger partial charge on any atom is 0.287 e. The number of carbonyl (C=O) groups is 2. The van der Waals surface area contributed by atoms with E-state index in [2.05, 4.69) is 10.6 Å². The van der Waals surface area contributed by atoms with Crippen LogP contribution in [0.4, 0.5) is 0 Å². The normalized spacial score (nSPS) is 10.6. The summed E-state index contributed by atoms with van der Waals surface area (Å²) < 4.78 is 11.7. The molecule has 4 aromatic rings. The van der Waals surface area contributed by atoms with Gasteiger partial charge in [-0.1, -0.05) is 66.7 Å². The van der Waals surface area contributed by atoms with Crippen LogP contribution in [0.1, 0.15) is 21.7 Å². The number of amides is 2. The van der Waals surface area contributed by atoms with Crippen LogP contribution in [0.5, 0.6) is 5.75 Å². The summed E-state index contributed by atoms with van der Waals surface area (Å²) in [4.78, 5) is 24.9. The zero-order chi connectivity index (χ0) is 22.2. The molecule has 0 unspecified atom stereocenters. The van der Waals surface area contributed by atoms with Crippen LogP contribution in [0.3, 0.4) is 0 Å². The number of rotatable bonds is 9. The van der Waals surface area contributed by atoms with Crippen LogP contribution in [0, 0.1) is 0 Å². The Morgan fingerprint density at radius 3 is 2.22 bits per heavy atom. The van der Waals surface area contributed by atoms with Crippen molar-refractivity contribution in [2.75, 3.05) is 13.1 Å². The van der Waals surface area contributed by atoms with Crippen molar-refractivity contribution < 1.29 is 18.7 Å². The Hall–Kier alpha value is -4.06. The van der Waals surface area contributed by atoms with E-state index in [4.69, 9.17) is 9.15 Å². The van der Waals surface area contributed by atoms with Gasteiger partial charge in [0.25, 0.3) is 5.91 Å². The summed E-state index contributed by atoms with van der Waals surface area (Å²) in [6.07, 6.45) is 0.305. The van der Waals surface area contributed by atoms with Crippen molar-refractivity contribution in [3.05, 3.63) is 102 Å². The van der Waals surface area contributed by atoms with Crippen molar-refractivity contribution in [1.82, 2.24) is 10.6 Å². The lowest BCUT2D eigenvalue weighted by molar-refractivity contribution is -0.120. The molecule has 0 spiro atoms. The third-order valence-electron chi connectivity index (χ3n) is 4.97. The van der Waals surface area contributed by atoms with Crippen LogP contribution in [0.25, 0.3) is 11.0 Å². The zero-order valence-corrected chi connectivity index (χ0v) is 17.5. The lowest BCUT2D eigenvalue weighted by Crippen LogP contribution is -2.35. The molecule has 1 aromatic heterocycles. The summed E-state index contributed by atoms with van der Waals surface area (Å²) in [6, 6.07) is 26.4. The Morgan fingerprint density at radius 2 is 1.44 bits per heavy atom. The van der Waals surface area contributed by atoms with Crippen molar-refractivity contribution >= 4 is 22.8 Å². The molecule has 4 rings (SSSR count). The lowest BCUT2D eigenvalue weighted by atomic mass is 10.1. The van der Waals surface area contributed by atoms with E-state index < -0.39 is 0 Å². The first-order chi connectivity index (χ1) is 15.7. The number of nitrogens with one attached hydrogen (secondary N) is 2. The van der Waals surface area contributed by atoms with Crippen molar-refractivity contribution in [2.45, 2.75) is 13.0 Å². The number of carbonyl (C=O) groups excluding carboxylic acids is 2. The van der Waals surface area contributed by atoms with Gasteiger partial charge in [0.05, 0.1) is 6.42 Å². The summed E-state index contributed by atoms with van der Waals surface area (Å²) >= 11 is 0. The molecule has 3 aromatic carbocycles. The average molecular weight is 428 g/mol. The van der Waals surface area contributed by atoms with E-state index >= 15 is 0 Å². The van der Waals surface area contributed by atoms with Crippen molar-refractivity contribution in [2.24, 2.45) is 0 Å². The van der Waals surface area contributed by atoms with Gasteiger partial charge in [-0.15, -0.1) is 0 Å². The second-order valence-corrected chi connectivity index (χ2v) is 7.28. The summed E-state index contributed by atoms with van der Waals surface area (Å²) in [5, 5.41) is 6.47. The third-order valence-corrected chi connectivity index (χ3v) is 4.97. The molecule has 0 aliphatic carbocycles. The van der Waals surface area contributed by atoms with Crippen LogP contribution in [-0.4, -0.2) is 24.9 Å². The number of fused-ring (bicyclic) bond motifs is 1. The zero-order valence-electron chi connectivity index (χ0n) is 17.5. The van der Waals surface area contributed by atoms with Gasteiger partial charge >= 0.3 is 0 Å². The SMILES string of the molecule is O=C(Cc1ccccc1)NCCNC(=O)c1oc2ccccc2c1COc1ccccc1. The molecule has 2 N–H and O–H groups in total. The third kappa shape index (κ3) is 5.35. The number of furan rings is 1. The number of hydrogen-bond donors (Lipinski definition) is 2. The minimum absolute atomic E-state index is 0.0915. The number of benzene rings is 3. The molecule has 0 aliphatic rings. The van der Waals surface area contributed by atoms with Gasteiger partial charge in [0.15, 0.2) is 5.76 Å². The van der Waals surface area contributed by atoms with Gasteiger partial charge in [0.1, 0.15) is 17.9 Å². The van der Waals surface area contributed by atoms with E-state index in [9.17, 15) is 9.59 Å². The number of ether oxygens (including phenoxy) is 1. The molecule has 0 bridgehead atoms. The van der Waals surface area contributed by atoms with E-state index in [-0.39, 0.29) is 30.7 Å². The summed E-state index contributed by atoms with van der Waals surface area (Å²) in [5.41, 5.74) is 2.26. The summed E-state index contributed by atoms with van der Waals surface area (Å²) in [6.45, 7) is 0.820. The molecule has 32 heavy (non-hydrogen) atoms. The minimum atomic E-state index is -0.342. The van der Waals surface area contributed by atoms with Crippen molar-refractivity contribution in [1.29, 1.82) is 0 Å². The predicted molar refractivity (Wildman–Crippen MR) is 122 cm³/mol. The van der Waals surface area contributed by atoms with Gasteiger partial charge in [-0.3, -0.25) is 9.59 Å². The van der Waals surface area contributed by atoms with Crippen LogP contribution in [0.2, 0.25) is 0 Å². The maximum atomic E-state index is 12.8. The van der Waals surface area contributed by atoms with Gasteiger partial charge in [0.2, 0.25) is 5.91 Å². The molecule has 0 saturated heterocycles. The molecule has 2 amide bonds. The standard InChI is InChI=1S/C26H24N2O4/c29-24(17-19-9-3-1-4-10-19)27-15-16-28-26(30)25-22(18-31-20-11-5-2-6-12-20)21-13-7-8-14-23(21)32-25/h1-14H,15-18H2,(H,27,29)(H,28,30). The van der Waals surface area contributed by atoms with Crippen LogP contribution in [0.15, 0.2) is 89.3 Å². The van der Waals surface area contributed by atoms with Crippen LogP contribution >= 0.6 is 0 Å².